The molecule has 130 valence electrons. The Morgan fingerprint density at radius 2 is 1.56 bits per heavy atom. The smallest absolute Gasteiger partial charge is 0.334 e. The zero-order valence-corrected chi connectivity index (χ0v) is 14.5. The van der Waals surface area contributed by atoms with Gasteiger partial charge in [0.2, 0.25) is 0 Å². The molecule has 1 fully saturated rings. The van der Waals surface area contributed by atoms with Gasteiger partial charge < -0.3 is 4.74 Å². The van der Waals surface area contributed by atoms with Gasteiger partial charge in [0.1, 0.15) is 5.82 Å². The second-order valence-electron chi connectivity index (χ2n) is 5.90. The molecular formula is C19H17FO4S. The third kappa shape index (κ3) is 3.79. The number of benzene rings is 2. The van der Waals surface area contributed by atoms with Gasteiger partial charge in [-0.2, -0.15) is 0 Å². The molecular weight excluding hydrogens is 343 g/mol. The molecule has 0 atom stereocenters. The number of halogens is 1. The Morgan fingerprint density at radius 1 is 1.00 bits per heavy atom. The number of carbonyl (C=O) groups is 1. The lowest BCUT2D eigenvalue weighted by Crippen LogP contribution is -2.17. The maximum absolute atomic E-state index is 13.3. The first-order valence-corrected chi connectivity index (χ1v) is 9.72. The first kappa shape index (κ1) is 17.4. The Bertz CT molecular complexity index is 926. The molecule has 1 heterocycles. The predicted molar refractivity (Wildman–Crippen MR) is 92.2 cm³/mol. The van der Waals surface area contributed by atoms with Crippen LogP contribution in [0.2, 0.25) is 0 Å². The van der Waals surface area contributed by atoms with E-state index in [4.69, 9.17) is 4.74 Å². The van der Waals surface area contributed by atoms with Crippen LogP contribution in [0.1, 0.15) is 24.0 Å². The van der Waals surface area contributed by atoms with Crippen LogP contribution in [0.3, 0.4) is 0 Å². The molecule has 2 aromatic carbocycles. The van der Waals surface area contributed by atoms with Crippen LogP contribution in [0.15, 0.2) is 59.0 Å². The summed E-state index contributed by atoms with van der Waals surface area (Å²) in [5.41, 5.74) is 2.53. The van der Waals surface area contributed by atoms with Crippen LogP contribution in [-0.4, -0.2) is 27.2 Å². The highest BCUT2D eigenvalue weighted by Gasteiger charge is 2.23. The van der Waals surface area contributed by atoms with E-state index in [0.29, 0.717) is 41.7 Å². The van der Waals surface area contributed by atoms with E-state index in [9.17, 15) is 17.6 Å². The number of rotatable bonds is 3. The molecule has 0 aromatic heterocycles. The number of ether oxygens (including phenoxy) is 1. The minimum atomic E-state index is -3.31. The van der Waals surface area contributed by atoms with Crippen LogP contribution >= 0.6 is 0 Å². The lowest BCUT2D eigenvalue weighted by Gasteiger charge is -2.19. The van der Waals surface area contributed by atoms with Crippen LogP contribution in [-0.2, 0) is 19.4 Å². The van der Waals surface area contributed by atoms with Crippen LogP contribution in [0.25, 0.3) is 5.57 Å². The Kier molecular flexibility index (Phi) is 4.72. The van der Waals surface area contributed by atoms with Gasteiger partial charge in [0.25, 0.3) is 0 Å². The van der Waals surface area contributed by atoms with Gasteiger partial charge in [-0.25, -0.2) is 17.6 Å². The van der Waals surface area contributed by atoms with Gasteiger partial charge >= 0.3 is 5.97 Å². The molecule has 1 saturated heterocycles. The molecule has 0 bridgehead atoms. The van der Waals surface area contributed by atoms with Gasteiger partial charge in [0.05, 0.1) is 11.5 Å². The minimum absolute atomic E-state index is 0.200. The molecule has 25 heavy (non-hydrogen) atoms. The molecule has 1 aliphatic rings. The Hall–Kier alpha value is -2.47. The van der Waals surface area contributed by atoms with Crippen molar-refractivity contribution >= 4 is 21.4 Å². The first-order valence-electron chi connectivity index (χ1n) is 7.83. The van der Waals surface area contributed by atoms with Crippen LogP contribution in [0.5, 0.6) is 0 Å². The standard InChI is InChI=1S/C19H17FO4S/c1-25(22,23)16-10-6-14(7-11-16)18(13-4-8-15(20)9-5-13)17-3-2-12-24-19(17)21/h4-11H,2-3,12H2,1H3/b18-17-. The third-order valence-corrected chi connectivity index (χ3v) is 5.18. The summed E-state index contributed by atoms with van der Waals surface area (Å²) >= 11 is 0. The summed E-state index contributed by atoms with van der Waals surface area (Å²) in [5, 5.41) is 0. The van der Waals surface area contributed by atoms with Gasteiger partial charge in [0, 0.05) is 11.8 Å². The highest BCUT2D eigenvalue weighted by Crippen LogP contribution is 2.32. The van der Waals surface area contributed by atoms with Crippen LogP contribution in [0.4, 0.5) is 4.39 Å². The fraction of sp³-hybridized carbons (Fsp3) is 0.211. The lowest BCUT2D eigenvalue weighted by atomic mass is 9.90. The number of esters is 1. The van der Waals surface area contributed by atoms with Crippen LogP contribution < -0.4 is 0 Å². The summed E-state index contributed by atoms with van der Waals surface area (Å²) in [6.07, 6.45) is 2.41. The third-order valence-electron chi connectivity index (χ3n) is 4.06. The second kappa shape index (κ2) is 6.80. The van der Waals surface area contributed by atoms with Crippen molar-refractivity contribution in [3.63, 3.8) is 0 Å². The number of cyclic esters (lactones) is 1. The SMILES string of the molecule is CS(=O)(=O)c1ccc(/C(=C2/CCCOC2=O)c2ccc(F)cc2)cc1. The molecule has 2 aromatic rings. The molecule has 6 heteroatoms. The summed E-state index contributed by atoms with van der Waals surface area (Å²) in [4.78, 5) is 12.4. The molecule has 0 N–H and O–H groups in total. The normalized spacial score (nSPS) is 17.1. The van der Waals surface area contributed by atoms with Gasteiger partial charge in [-0.1, -0.05) is 24.3 Å². The summed E-state index contributed by atoms with van der Waals surface area (Å²) in [6, 6.07) is 12.2. The minimum Gasteiger partial charge on any atom is -0.462 e. The molecule has 0 unspecified atom stereocenters. The highest BCUT2D eigenvalue weighted by atomic mass is 32.2. The zero-order valence-electron chi connectivity index (χ0n) is 13.7. The summed E-state index contributed by atoms with van der Waals surface area (Å²) in [7, 11) is -3.31. The van der Waals surface area contributed by atoms with Crippen LogP contribution in [0, 0.1) is 5.82 Å². The number of sulfone groups is 1. The molecule has 0 amide bonds. The van der Waals surface area contributed by atoms with E-state index in [1.54, 1.807) is 24.3 Å². The van der Waals surface area contributed by atoms with E-state index >= 15 is 0 Å². The molecule has 4 nitrogen and oxygen atoms in total. The average molecular weight is 360 g/mol. The lowest BCUT2D eigenvalue weighted by molar-refractivity contribution is -0.141. The molecule has 0 saturated carbocycles. The fourth-order valence-electron chi connectivity index (χ4n) is 2.83. The molecule has 0 radical (unpaired) electrons. The monoisotopic (exact) mass is 360 g/mol. The number of carbonyl (C=O) groups excluding carboxylic acids is 1. The van der Waals surface area contributed by atoms with E-state index in [-0.39, 0.29) is 10.7 Å². The van der Waals surface area contributed by atoms with Crippen molar-refractivity contribution in [3.05, 3.63) is 71.0 Å². The average Bonchev–Trinajstić information content (AvgIpc) is 2.58. The maximum atomic E-state index is 13.3. The van der Waals surface area contributed by atoms with Crippen molar-refractivity contribution in [1.82, 2.24) is 0 Å². The van der Waals surface area contributed by atoms with Crippen molar-refractivity contribution in [3.8, 4) is 0 Å². The van der Waals surface area contributed by atoms with E-state index < -0.39 is 15.8 Å². The summed E-state index contributed by atoms with van der Waals surface area (Å²) in [6.45, 7) is 0.381. The topological polar surface area (TPSA) is 60.4 Å². The van der Waals surface area contributed by atoms with Crippen molar-refractivity contribution in [2.24, 2.45) is 0 Å². The van der Waals surface area contributed by atoms with Gasteiger partial charge in [-0.15, -0.1) is 0 Å². The first-order chi connectivity index (χ1) is 11.9. The maximum Gasteiger partial charge on any atom is 0.334 e. The zero-order chi connectivity index (χ0) is 18.0. The Labute approximate surface area is 145 Å². The Morgan fingerprint density at radius 3 is 2.08 bits per heavy atom. The largest absolute Gasteiger partial charge is 0.462 e. The van der Waals surface area contributed by atoms with E-state index in [1.807, 2.05) is 0 Å². The van der Waals surface area contributed by atoms with E-state index in [0.717, 1.165) is 6.26 Å². The van der Waals surface area contributed by atoms with Gasteiger partial charge in [0.15, 0.2) is 9.84 Å². The quantitative estimate of drug-likeness (QED) is 0.622. The highest BCUT2D eigenvalue weighted by molar-refractivity contribution is 7.90. The molecule has 0 spiro atoms. The van der Waals surface area contributed by atoms with E-state index in [2.05, 4.69) is 0 Å². The second-order valence-corrected chi connectivity index (χ2v) is 7.91. The summed E-state index contributed by atoms with van der Waals surface area (Å²) in [5.74, 6) is -0.760. The fourth-order valence-corrected chi connectivity index (χ4v) is 3.46. The molecule has 1 aliphatic heterocycles. The van der Waals surface area contributed by atoms with E-state index in [1.165, 1.54) is 24.3 Å². The van der Waals surface area contributed by atoms with Gasteiger partial charge in [-0.3, -0.25) is 0 Å². The number of hydrogen-bond acceptors (Lipinski definition) is 4. The van der Waals surface area contributed by atoms with Crippen molar-refractivity contribution in [2.45, 2.75) is 17.7 Å². The summed E-state index contributed by atoms with van der Waals surface area (Å²) < 4.78 is 41.7. The van der Waals surface area contributed by atoms with Gasteiger partial charge in [-0.05, 0) is 53.8 Å². The predicted octanol–water partition coefficient (Wildman–Crippen LogP) is 3.37. The Balaban J connectivity index is 2.16. The van der Waals surface area contributed by atoms with Crippen molar-refractivity contribution in [1.29, 1.82) is 0 Å². The van der Waals surface area contributed by atoms with Crippen molar-refractivity contribution in [2.75, 3.05) is 12.9 Å². The molecule has 3 rings (SSSR count). The number of hydrogen-bond donors (Lipinski definition) is 0. The van der Waals surface area contributed by atoms with Crippen molar-refractivity contribution < 1.29 is 22.3 Å². The molecule has 0 aliphatic carbocycles.